The second kappa shape index (κ2) is 10.6. The molecule has 0 amide bonds. The van der Waals surface area contributed by atoms with Crippen LogP contribution in [0.1, 0.15) is 32.5 Å². The Morgan fingerprint density at radius 3 is 2.57 bits per heavy atom. The molecular formula is C21H26F2N8OS2Se. The Balaban J connectivity index is 1.64. The first kappa shape index (κ1) is 26.2. The number of nitrogens with one attached hydrogen (secondary N) is 3. The van der Waals surface area contributed by atoms with Crippen LogP contribution in [0.15, 0.2) is 23.4 Å². The molecule has 0 spiro atoms. The molecule has 14 heteroatoms. The number of piperazine rings is 1. The molecule has 1 aliphatic heterocycles. The van der Waals surface area contributed by atoms with Crippen molar-refractivity contribution in [2.24, 2.45) is 0 Å². The molecule has 2 aromatic rings. The van der Waals surface area contributed by atoms with Gasteiger partial charge in [0.2, 0.25) is 0 Å². The van der Waals surface area contributed by atoms with Gasteiger partial charge in [0, 0.05) is 0 Å². The zero-order chi connectivity index (χ0) is 25.3. The molecule has 2 aliphatic rings. The van der Waals surface area contributed by atoms with Crippen LogP contribution in [-0.2, 0) is 11.0 Å². The van der Waals surface area contributed by atoms with E-state index in [9.17, 15) is 18.3 Å². The second-order valence-corrected chi connectivity index (χ2v) is 13.7. The van der Waals surface area contributed by atoms with Crippen molar-refractivity contribution >= 4 is 58.3 Å². The van der Waals surface area contributed by atoms with Gasteiger partial charge in [-0.25, -0.2) is 0 Å². The van der Waals surface area contributed by atoms with Gasteiger partial charge >= 0.3 is 216 Å². The number of hydrogen-bond donors (Lipinski definition) is 3. The average Bonchev–Trinajstić information content (AvgIpc) is 3.51. The molecule has 1 saturated heterocycles. The maximum absolute atomic E-state index is 12.9. The number of pyridine rings is 1. The monoisotopic (exact) mass is 588 g/mol. The van der Waals surface area contributed by atoms with Crippen molar-refractivity contribution in [3.63, 3.8) is 0 Å². The van der Waals surface area contributed by atoms with Crippen LogP contribution in [0.25, 0.3) is 5.52 Å². The zero-order valence-electron chi connectivity index (χ0n) is 19.3. The SMILES string of the molecule is CC(C)S(=O)N1CCN(c2cc(SNC3(C#N)CC3)cn3c(C(=N)[Se]C(=N)C(F)F)ncc23)CC1. The van der Waals surface area contributed by atoms with Crippen LogP contribution in [-0.4, -0.2) is 85.5 Å². The van der Waals surface area contributed by atoms with E-state index in [1.165, 1.54) is 11.9 Å². The van der Waals surface area contributed by atoms with Crippen LogP contribution < -0.4 is 9.62 Å². The topological polar surface area (TPSA) is 124 Å². The number of nitrogens with zero attached hydrogens (tertiary/aromatic N) is 5. The van der Waals surface area contributed by atoms with Crippen molar-refractivity contribution in [3.8, 4) is 6.07 Å². The molecule has 1 atom stereocenters. The Hall–Kier alpha value is -1.88. The summed E-state index contributed by atoms with van der Waals surface area (Å²) in [5.41, 5.74) is 1.07. The van der Waals surface area contributed by atoms with Gasteiger partial charge in [0.15, 0.2) is 0 Å². The van der Waals surface area contributed by atoms with Gasteiger partial charge in [-0.05, 0) is 0 Å². The molecule has 1 saturated carbocycles. The summed E-state index contributed by atoms with van der Waals surface area (Å²) in [5, 5.41) is 25.3. The number of halogens is 2. The van der Waals surface area contributed by atoms with Gasteiger partial charge < -0.3 is 0 Å². The van der Waals surface area contributed by atoms with E-state index in [2.05, 4.69) is 20.7 Å². The van der Waals surface area contributed by atoms with Crippen LogP contribution in [0.4, 0.5) is 14.5 Å². The van der Waals surface area contributed by atoms with E-state index in [0.717, 1.165) is 28.9 Å². The number of nitriles is 1. The van der Waals surface area contributed by atoms with E-state index in [0.29, 0.717) is 26.2 Å². The Morgan fingerprint density at radius 1 is 1.31 bits per heavy atom. The number of hydrogen-bond acceptors (Lipinski definition) is 8. The van der Waals surface area contributed by atoms with E-state index in [-0.39, 0.29) is 15.7 Å². The van der Waals surface area contributed by atoms with Crippen molar-refractivity contribution in [1.29, 1.82) is 16.1 Å². The normalized spacial score (nSPS) is 18.7. The average molecular weight is 588 g/mol. The van der Waals surface area contributed by atoms with Crippen molar-refractivity contribution < 1.29 is 13.0 Å². The molecule has 3 heterocycles. The Bertz CT molecular complexity index is 1200. The molecule has 3 N–H and O–H groups in total. The van der Waals surface area contributed by atoms with Gasteiger partial charge in [0.25, 0.3) is 0 Å². The predicted octanol–water partition coefficient (Wildman–Crippen LogP) is 2.45. The van der Waals surface area contributed by atoms with Crippen molar-refractivity contribution in [1.82, 2.24) is 18.4 Å². The second-order valence-electron chi connectivity index (χ2n) is 8.63. The van der Waals surface area contributed by atoms with Crippen LogP contribution in [0.2, 0.25) is 0 Å². The fraction of sp³-hybridized carbons (Fsp3) is 0.524. The molecule has 0 bridgehead atoms. The molecule has 35 heavy (non-hydrogen) atoms. The molecule has 1 unspecified atom stereocenters. The fourth-order valence-electron chi connectivity index (χ4n) is 3.66. The first-order valence-corrected chi connectivity index (χ1v) is 14.7. The molecule has 1 aliphatic carbocycles. The number of imidazole rings is 1. The Labute approximate surface area is 215 Å². The number of alkyl halides is 2. The van der Waals surface area contributed by atoms with E-state index >= 15 is 0 Å². The summed E-state index contributed by atoms with van der Waals surface area (Å²) >= 11 is 0.188. The van der Waals surface area contributed by atoms with Crippen molar-refractivity contribution in [2.45, 2.75) is 48.8 Å². The summed E-state index contributed by atoms with van der Waals surface area (Å²) in [5.74, 6) is 0.232. The summed E-state index contributed by atoms with van der Waals surface area (Å²) in [4.78, 5) is 7.32. The predicted molar refractivity (Wildman–Crippen MR) is 135 cm³/mol. The summed E-state index contributed by atoms with van der Waals surface area (Å²) in [7, 11) is -1.04. The summed E-state index contributed by atoms with van der Waals surface area (Å²) in [6, 6.07) is 4.29. The molecule has 2 fully saturated rings. The van der Waals surface area contributed by atoms with E-state index in [4.69, 9.17) is 10.8 Å². The van der Waals surface area contributed by atoms with Crippen LogP contribution in [0, 0.1) is 22.1 Å². The molecular weight excluding hydrogens is 561 g/mol. The van der Waals surface area contributed by atoms with Gasteiger partial charge in [-0.15, -0.1) is 0 Å². The third-order valence-electron chi connectivity index (χ3n) is 5.77. The standard InChI is InChI=1S/C21H26F2N8OS2Se/c1-13(2)34(32)30-7-5-29(6-8-30)15-9-14(33-28-21(12-24)3-4-21)11-31-16(15)10-27-20(31)19(26)35-18(25)17(22)23/h9-11,13,17,25-26,28H,3-8H2,1-2H3. The third kappa shape index (κ3) is 5.76. The van der Waals surface area contributed by atoms with Crippen molar-refractivity contribution in [2.75, 3.05) is 31.1 Å². The summed E-state index contributed by atoms with van der Waals surface area (Å²) in [6.45, 7) is 6.44. The number of aromatic nitrogens is 2. The van der Waals surface area contributed by atoms with E-state index < -0.39 is 42.5 Å². The third-order valence-corrected chi connectivity index (χ3v) is 10.1. The summed E-state index contributed by atoms with van der Waals surface area (Å²) < 4.78 is 44.4. The Kier molecular flexibility index (Phi) is 7.95. The molecule has 9 nitrogen and oxygen atoms in total. The van der Waals surface area contributed by atoms with Crippen molar-refractivity contribution in [3.05, 3.63) is 24.3 Å². The van der Waals surface area contributed by atoms with E-state index in [1.807, 2.05) is 24.2 Å². The fourth-order valence-corrected chi connectivity index (χ4v) is 6.82. The maximum atomic E-state index is 12.9. The molecule has 2 aromatic heterocycles. The first-order valence-electron chi connectivity index (χ1n) is 11.0. The minimum absolute atomic E-state index is 0.0474. The van der Waals surface area contributed by atoms with Gasteiger partial charge in [-0.2, -0.15) is 0 Å². The number of rotatable bonds is 10. The minimum atomic E-state index is -2.89. The summed E-state index contributed by atoms with van der Waals surface area (Å²) in [6.07, 6.45) is 2.08. The van der Waals surface area contributed by atoms with Crippen LogP contribution in [0.5, 0.6) is 0 Å². The number of anilines is 1. The van der Waals surface area contributed by atoms with Crippen LogP contribution in [0.3, 0.4) is 0 Å². The number of fused-ring (bicyclic) bond motifs is 1. The molecule has 0 radical (unpaired) electrons. The molecule has 4 rings (SSSR count). The van der Waals surface area contributed by atoms with E-state index in [1.54, 1.807) is 16.8 Å². The van der Waals surface area contributed by atoms with Gasteiger partial charge in [-0.3, -0.25) is 0 Å². The van der Waals surface area contributed by atoms with Gasteiger partial charge in [-0.1, -0.05) is 0 Å². The van der Waals surface area contributed by atoms with Gasteiger partial charge in [0.05, 0.1) is 0 Å². The quantitative estimate of drug-likeness (QED) is 0.223. The van der Waals surface area contributed by atoms with Crippen LogP contribution >= 0.6 is 11.9 Å². The Morgan fingerprint density at radius 2 is 2.00 bits per heavy atom. The zero-order valence-corrected chi connectivity index (χ0v) is 22.6. The molecule has 0 aromatic carbocycles. The molecule has 188 valence electrons. The first-order chi connectivity index (χ1) is 16.6. The van der Waals surface area contributed by atoms with Gasteiger partial charge in [0.1, 0.15) is 0 Å².